The molecule has 3 rings (SSSR count). The number of hydrogen-bond acceptors (Lipinski definition) is 2. The summed E-state index contributed by atoms with van der Waals surface area (Å²) in [4.78, 5) is 11.1. The molecule has 0 aromatic rings. The summed E-state index contributed by atoms with van der Waals surface area (Å²) in [5.41, 5.74) is -0.109. The Morgan fingerprint density at radius 1 is 1.27 bits per heavy atom. The molecule has 6 atom stereocenters. The summed E-state index contributed by atoms with van der Waals surface area (Å²) >= 11 is 0. The van der Waals surface area contributed by atoms with E-state index < -0.39 is 0 Å². The Bertz CT molecular complexity index is 312. The molecular formula is C13H20O2. The highest BCUT2D eigenvalue weighted by molar-refractivity contribution is 5.67. The van der Waals surface area contributed by atoms with Crippen LogP contribution in [-0.4, -0.2) is 11.6 Å². The lowest BCUT2D eigenvalue weighted by atomic mass is 9.36. The van der Waals surface area contributed by atoms with Crippen LogP contribution in [0.3, 0.4) is 0 Å². The van der Waals surface area contributed by atoms with Gasteiger partial charge in [-0.2, -0.15) is 0 Å². The fourth-order valence-electron chi connectivity index (χ4n) is 4.69. The molecule has 3 aliphatic rings. The molecule has 0 heterocycles. The summed E-state index contributed by atoms with van der Waals surface area (Å²) in [5.74, 6) is 3.92. The van der Waals surface area contributed by atoms with Crippen LogP contribution in [0.15, 0.2) is 0 Å². The molecule has 0 radical (unpaired) electrons. The van der Waals surface area contributed by atoms with Crippen LogP contribution in [0.2, 0.25) is 0 Å². The Balaban J connectivity index is 1.80. The lowest BCUT2D eigenvalue weighted by Crippen LogP contribution is -2.72. The van der Waals surface area contributed by atoms with E-state index in [1.54, 1.807) is 6.92 Å². The van der Waals surface area contributed by atoms with Gasteiger partial charge in [0.15, 0.2) is 0 Å². The van der Waals surface area contributed by atoms with E-state index in [1.807, 2.05) is 0 Å². The van der Waals surface area contributed by atoms with Gasteiger partial charge in [-0.05, 0) is 43.9 Å². The number of ether oxygens (including phenoxy) is 1. The number of rotatable bonds is 1. The molecule has 0 amide bonds. The largest absolute Gasteiger partial charge is 0.459 e. The van der Waals surface area contributed by atoms with E-state index in [0.29, 0.717) is 11.8 Å². The zero-order valence-electron chi connectivity index (χ0n) is 9.82. The number of hydrogen-bond donors (Lipinski definition) is 0. The lowest BCUT2D eigenvalue weighted by Gasteiger charge is -2.71. The van der Waals surface area contributed by atoms with Crippen molar-refractivity contribution in [2.45, 2.75) is 45.6 Å². The molecule has 0 N–H and O–H groups in total. The van der Waals surface area contributed by atoms with Crippen LogP contribution >= 0.6 is 0 Å². The molecule has 0 aromatic heterocycles. The highest BCUT2D eigenvalue weighted by Crippen LogP contribution is 2.70. The highest BCUT2D eigenvalue weighted by atomic mass is 16.6. The zero-order valence-corrected chi connectivity index (χ0v) is 9.82. The minimum absolute atomic E-state index is 0.0994. The molecule has 2 heteroatoms. The summed E-state index contributed by atoms with van der Waals surface area (Å²) in [7, 11) is 0. The minimum Gasteiger partial charge on any atom is -0.459 e. The topological polar surface area (TPSA) is 26.3 Å². The van der Waals surface area contributed by atoms with Gasteiger partial charge in [0.1, 0.15) is 5.60 Å². The van der Waals surface area contributed by atoms with Gasteiger partial charge in [0.05, 0.1) is 0 Å². The molecular weight excluding hydrogens is 188 g/mol. The number of carbonyl (C=O) groups excluding carboxylic acids is 1. The summed E-state index contributed by atoms with van der Waals surface area (Å²) in [5, 5.41) is 0. The van der Waals surface area contributed by atoms with E-state index in [1.165, 1.54) is 19.3 Å². The molecule has 3 saturated carbocycles. The molecule has 15 heavy (non-hydrogen) atoms. The molecule has 0 aliphatic heterocycles. The maximum atomic E-state index is 11.1. The van der Waals surface area contributed by atoms with E-state index in [9.17, 15) is 4.79 Å². The average Bonchev–Trinajstić information content (AvgIpc) is 2.07. The lowest BCUT2D eigenvalue weighted by molar-refractivity contribution is -0.291. The predicted molar refractivity (Wildman–Crippen MR) is 57.1 cm³/mol. The van der Waals surface area contributed by atoms with E-state index in [0.717, 1.165) is 17.8 Å². The summed E-state index contributed by atoms with van der Waals surface area (Å²) in [6.45, 7) is 6.05. The van der Waals surface area contributed by atoms with Crippen LogP contribution in [0.25, 0.3) is 0 Å². The van der Waals surface area contributed by atoms with Gasteiger partial charge in [0.2, 0.25) is 0 Å². The van der Waals surface area contributed by atoms with Crippen LogP contribution in [-0.2, 0) is 9.53 Å². The molecule has 3 fully saturated rings. The second-order valence-corrected chi connectivity index (χ2v) is 6.14. The van der Waals surface area contributed by atoms with Crippen molar-refractivity contribution in [2.24, 2.45) is 29.6 Å². The molecule has 2 nitrogen and oxygen atoms in total. The average molecular weight is 208 g/mol. The highest BCUT2D eigenvalue weighted by Gasteiger charge is 2.70. The van der Waals surface area contributed by atoms with Crippen LogP contribution in [0.5, 0.6) is 0 Å². The third kappa shape index (κ3) is 1.08. The first kappa shape index (κ1) is 9.68. The summed E-state index contributed by atoms with van der Waals surface area (Å²) < 4.78 is 5.60. The minimum atomic E-state index is -0.109. The smallest absolute Gasteiger partial charge is 0.303 e. The van der Waals surface area contributed by atoms with Crippen molar-refractivity contribution in [1.82, 2.24) is 0 Å². The molecule has 0 bridgehead atoms. The van der Waals surface area contributed by atoms with Gasteiger partial charge >= 0.3 is 5.97 Å². The number of carbonyl (C=O) groups is 1. The van der Waals surface area contributed by atoms with Gasteiger partial charge in [-0.15, -0.1) is 0 Å². The van der Waals surface area contributed by atoms with Gasteiger partial charge < -0.3 is 4.74 Å². The second kappa shape index (κ2) is 2.78. The van der Waals surface area contributed by atoms with Crippen molar-refractivity contribution in [2.75, 3.05) is 0 Å². The first-order chi connectivity index (χ1) is 7.02. The van der Waals surface area contributed by atoms with Gasteiger partial charge in [-0.1, -0.05) is 6.92 Å². The Kier molecular flexibility index (Phi) is 1.79. The van der Waals surface area contributed by atoms with Crippen molar-refractivity contribution in [1.29, 1.82) is 0 Å². The fourth-order valence-corrected chi connectivity index (χ4v) is 4.69. The SMILES string of the molecule is CC(=O)OC1(C)C2CC(C)CC3CC1C32. The molecule has 3 aliphatic carbocycles. The monoisotopic (exact) mass is 208 g/mol. The van der Waals surface area contributed by atoms with Crippen molar-refractivity contribution in [3.63, 3.8) is 0 Å². The van der Waals surface area contributed by atoms with Crippen molar-refractivity contribution in [3.8, 4) is 0 Å². The predicted octanol–water partition coefficient (Wildman–Crippen LogP) is 2.62. The third-order valence-electron chi connectivity index (χ3n) is 5.23. The molecule has 0 saturated heterocycles. The summed E-state index contributed by atoms with van der Waals surface area (Å²) in [6, 6.07) is 0. The molecule has 6 unspecified atom stereocenters. The first-order valence-electron chi connectivity index (χ1n) is 6.22. The normalized spacial score (nSPS) is 56.1. The second-order valence-electron chi connectivity index (χ2n) is 6.14. The molecule has 0 aromatic carbocycles. The maximum Gasteiger partial charge on any atom is 0.303 e. The van der Waals surface area contributed by atoms with Crippen LogP contribution in [0.4, 0.5) is 0 Å². The molecule has 84 valence electrons. The van der Waals surface area contributed by atoms with Gasteiger partial charge in [0.25, 0.3) is 0 Å². The van der Waals surface area contributed by atoms with Gasteiger partial charge in [-0.3, -0.25) is 4.79 Å². The van der Waals surface area contributed by atoms with Crippen molar-refractivity contribution in [3.05, 3.63) is 0 Å². The van der Waals surface area contributed by atoms with Gasteiger partial charge in [0, 0.05) is 18.8 Å². The van der Waals surface area contributed by atoms with Crippen molar-refractivity contribution >= 4 is 5.97 Å². The Morgan fingerprint density at radius 3 is 2.60 bits per heavy atom. The maximum absolute atomic E-state index is 11.1. The molecule has 0 spiro atoms. The van der Waals surface area contributed by atoms with E-state index >= 15 is 0 Å². The Labute approximate surface area is 91.4 Å². The van der Waals surface area contributed by atoms with Crippen molar-refractivity contribution < 1.29 is 9.53 Å². The summed E-state index contributed by atoms with van der Waals surface area (Å²) in [6.07, 6.45) is 3.98. The van der Waals surface area contributed by atoms with Crippen LogP contribution < -0.4 is 0 Å². The fraction of sp³-hybridized carbons (Fsp3) is 0.923. The number of esters is 1. The van der Waals surface area contributed by atoms with Crippen LogP contribution in [0, 0.1) is 29.6 Å². The van der Waals surface area contributed by atoms with E-state index in [-0.39, 0.29) is 11.6 Å². The Hall–Kier alpha value is -0.530. The third-order valence-corrected chi connectivity index (χ3v) is 5.23. The van der Waals surface area contributed by atoms with Crippen LogP contribution in [0.1, 0.15) is 40.0 Å². The first-order valence-corrected chi connectivity index (χ1v) is 6.22. The quantitative estimate of drug-likeness (QED) is 0.619. The van der Waals surface area contributed by atoms with E-state index in [2.05, 4.69) is 13.8 Å². The van der Waals surface area contributed by atoms with E-state index in [4.69, 9.17) is 4.74 Å². The van der Waals surface area contributed by atoms with Gasteiger partial charge in [-0.25, -0.2) is 0 Å². The standard InChI is InChI=1S/C13H20O2/c1-7-4-9-6-11-12(9)10(5-7)13(11,3)15-8(2)14/h7,9-12H,4-6H2,1-3H3. The zero-order chi connectivity index (χ0) is 10.8. The Morgan fingerprint density at radius 2 is 1.93 bits per heavy atom.